The smallest absolute Gasteiger partial charge is 0.0308 e. The number of rotatable bonds is 0. The normalized spacial score (nSPS) is 39.0. The van der Waals surface area contributed by atoms with Gasteiger partial charge in [0.05, 0.1) is 0 Å². The Morgan fingerprint density at radius 3 is 2.67 bits per heavy atom. The van der Waals surface area contributed by atoms with E-state index < -0.39 is 0 Å². The monoisotopic (exact) mass is 126 g/mol. The number of nitrogens with one attached hydrogen (secondary N) is 2. The molecule has 9 heavy (non-hydrogen) atoms. The van der Waals surface area contributed by atoms with Crippen molar-refractivity contribution in [3.05, 3.63) is 0 Å². The summed E-state index contributed by atoms with van der Waals surface area (Å²) in [6.07, 6.45) is 2.76. The molecule has 52 valence electrons. The van der Waals surface area contributed by atoms with Crippen molar-refractivity contribution in [2.24, 2.45) is 0 Å². The fourth-order valence-electron chi connectivity index (χ4n) is 1.38. The van der Waals surface area contributed by atoms with Gasteiger partial charge in [-0.05, 0) is 19.8 Å². The Kier molecular flexibility index (Phi) is 1.08. The van der Waals surface area contributed by atoms with Crippen molar-refractivity contribution in [1.29, 1.82) is 0 Å². The van der Waals surface area contributed by atoms with Gasteiger partial charge in [0.2, 0.25) is 0 Å². The fraction of sp³-hybridized carbons (Fsp3) is 1.00. The van der Waals surface area contributed by atoms with Crippen LogP contribution in [0.1, 0.15) is 19.8 Å². The Hall–Kier alpha value is -0.0800. The largest absolute Gasteiger partial charge is 0.311 e. The van der Waals surface area contributed by atoms with Gasteiger partial charge in [-0.3, -0.25) is 0 Å². The molecule has 2 fully saturated rings. The molecule has 1 aliphatic heterocycles. The first-order valence-electron chi connectivity index (χ1n) is 3.79. The third kappa shape index (κ3) is 0.970. The van der Waals surface area contributed by atoms with Crippen LogP contribution >= 0.6 is 0 Å². The predicted octanol–water partition coefficient (Wildman–Crippen LogP) is 0.100. The van der Waals surface area contributed by atoms with E-state index in [1.54, 1.807) is 0 Å². The highest BCUT2D eigenvalue weighted by Crippen LogP contribution is 2.35. The van der Waals surface area contributed by atoms with Crippen LogP contribution < -0.4 is 10.6 Å². The van der Waals surface area contributed by atoms with Crippen molar-refractivity contribution < 1.29 is 0 Å². The van der Waals surface area contributed by atoms with Crippen molar-refractivity contribution in [3.63, 3.8) is 0 Å². The average molecular weight is 126 g/mol. The molecule has 1 heterocycles. The minimum atomic E-state index is 0.548. The molecule has 0 aromatic heterocycles. The molecule has 0 aromatic carbocycles. The van der Waals surface area contributed by atoms with Gasteiger partial charge < -0.3 is 10.6 Å². The van der Waals surface area contributed by atoms with E-state index in [1.165, 1.54) is 19.4 Å². The lowest BCUT2D eigenvalue weighted by atomic mass is 10.1. The van der Waals surface area contributed by atoms with Gasteiger partial charge >= 0.3 is 0 Å². The maximum atomic E-state index is 3.56. The Bertz CT molecular complexity index is 108. The molecule has 2 rings (SSSR count). The van der Waals surface area contributed by atoms with E-state index in [0.29, 0.717) is 11.6 Å². The Morgan fingerprint density at radius 2 is 2.22 bits per heavy atom. The summed E-state index contributed by atoms with van der Waals surface area (Å²) in [6, 6.07) is 0.677. The lowest BCUT2D eigenvalue weighted by Gasteiger charge is -2.28. The van der Waals surface area contributed by atoms with Crippen LogP contribution in [0.4, 0.5) is 0 Å². The second kappa shape index (κ2) is 1.70. The maximum absolute atomic E-state index is 3.56. The van der Waals surface area contributed by atoms with Crippen molar-refractivity contribution >= 4 is 0 Å². The summed E-state index contributed by atoms with van der Waals surface area (Å²) in [4.78, 5) is 0. The van der Waals surface area contributed by atoms with E-state index in [1.807, 2.05) is 0 Å². The van der Waals surface area contributed by atoms with Gasteiger partial charge in [-0.1, -0.05) is 0 Å². The van der Waals surface area contributed by atoms with Crippen LogP contribution in [0.5, 0.6) is 0 Å². The summed E-state index contributed by atoms with van der Waals surface area (Å²) < 4.78 is 0. The molecule has 2 heteroatoms. The van der Waals surface area contributed by atoms with Crippen LogP contribution in [-0.4, -0.2) is 24.7 Å². The number of hydrogen-bond acceptors (Lipinski definition) is 2. The molecule has 2 nitrogen and oxygen atoms in total. The summed E-state index contributed by atoms with van der Waals surface area (Å²) in [5.74, 6) is 0. The second-order valence-electron chi connectivity index (χ2n) is 3.44. The summed E-state index contributed by atoms with van der Waals surface area (Å²) in [7, 11) is 0. The zero-order valence-electron chi connectivity index (χ0n) is 5.91. The third-order valence-electron chi connectivity index (χ3n) is 2.43. The third-order valence-corrected chi connectivity index (χ3v) is 2.43. The van der Waals surface area contributed by atoms with Crippen LogP contribution in [0.2, 0.25) is 0 Å². The summed E-state index contributed by atoms with van der Waals surface area (Å²) in [5.41, 5.74) is 0.548. The van der Waals surface area contributed by atoms with Gasteiger partial charge in [0.25, 0.3) is 0 Å². The number of piperazine rings is 1. The highest BCUT2D eigenvalue weighted by atomic mass is 15.1. The van der Waals surface area contributed by atoms with E-state index in [2.05, 4.69) is 17.6 Å². The summed E-state index contributed by atoms with van der Waals surface area (Å²) in [5, 5.41) is 7.03. The molecular formula is C7H14N2. The highest BCUT2D eigenvalue weighted by Gasteiger charge is 2.43. The quantitative estimate of drug-likeness (QED) is 0.481. The van der Waals surface area contributed by atoms with Crippen molar-refractivity contribution in [2.45, 2.75) is 31.3 Å². The van der Waals surface area contributed by atoms with Gasteiger partial charge in [0, 0.05) is 24.7 Å². The molecule has 1 unspecified atom stereocenters. The molecule has 0 bridgehead atoms. The molecule has 1 spiro atoms. The van der Waals surface area contributed by atoms with Gasteiger partial charge in [0.15, 0.2) is 0 Å². The Labute approximate surface area is 56.0 Å². The Balaban J connectivity index is 1.91. The molecule has 0 aromatic rings. The molecule has 1 atom stereocenters. The molecule has 1 saturated heterocycles. The summed E-state index contributed by atoms with van der Waals surface area (Å²) >= 11 is 0. The summed E-state index contributed by atoms with van der Waals surface area (Å²) in [6.45, 7) is 4.57. The molecule has 2 aliphatic rings. The van der Waals surface area contributed by atoms with Crippen LogP contribution in [0.3, 0.4) is 0 Å². The highest BCUT2D eigenvalue weighted by molar-refractivity contribution is 5.06. The topological polar surface area (TPSA) is 24.1 Å². The second-order valence-corrected chi connectivity index (χ2v) is 3.44. The van der Waals surface area contributed by atoms with E-state index in [4.69, 9.17) is 0 Å². The van der Waals surface area contributed by atoms with Gasteiger partial charge in [-0.25, -0.2) is 0 Å². The van der Waals surface area contributed by atoms with Crippen LogP contribution in [0, 0.1) is 0 Å². The lowest BCUT2D eigenvalue weighted by Crippen LogP contribution is -2.54. The van der Waals surface area contributed by atoms with Crippen molar-refractivity contribution in [1.82, 2.24) is 10.6 Å². The van der Waals surface area contributed by atoms with Crippen LogP contribution in [-0.2, 0) is 0 Å². The van der Waals surface area contributed by atoms with E-state index in [0.717, 1.165) is 6.54 Å². The van der Waals surface area contributed by atoms with Gasteiger partial charge in [-0.2, -0.15) is 0 Å². The maximum Gasteiger partial charge on any atom is 0.0308 e. The fourth-order valence-corrected chi connectivity index (χ4v) is 1.38. The van der Waals surface area contributed by atoms with E-state index >= 15 is 0 Å². The van der Waals surface area contributed by atoms with E-state index in [9.17, 15) is 0 Å². The first-order chi connectivity index (χ1) is 4.31. The predicted molar refractivity (Wildman–Crippen MR) is 37.4 cm³/mol. The minimum absolute atomic E-state index is 0.548. The molecule has 2 N–H and O–H groups in total. The first-order valence-corrected chi connectivity index (χ1v) is 3.79. The van der Waals surface area contributed by atoms with Crippen LogP contribution in [0.25, 0.3) is 0 Å². The van der Waals surface area contributed by atoms with Crippen LogP contribution in [0.15, 0.2) is 0 Å². The zero-order chi connectivity index (χ0) is 6.32. The Morgan fingerprint density at radius 1 is 1.44 bits per heavy atom. The van der Waals surface area contributed by atoms with E-state index in [-0.39, 0.29) is 0 Å². The SMILES string of the molecule is CC1CNC2(CC2)CN1. The molecule has 0 radical (unpaired) electrons. The molecule has 1 aliphatic carbocycles. The van der Waals surface area contributed by atoms with Crippen molar-refractivity contribution in [3.8, 4) is 0 Å². The number of hydrogen-bond donors (Lipinski definition) is 2. The average Bonchev–Trinajstić information content (AvgIpc) is 2.60. The molecule has 0 amide bonds. The zero-order valence-corrected chi connectivity index (χ0v) is 5.91. The molecular weight excluding hydrogens is 112 g/mol. The molecule has 1 saturated carbocycles. The minimum Gasteiger partial charge on any atom is -0.311 e. The lowest BCUT2D eigenvalue weighted by molar-refractivity contribution is 0.346. The first kappa shape index (κ1) is 5.69. The van der Waals surface area contributed by atoms with Gasteiger partial charge in [0.1, 0.15) is 0 Å². The van der Waals surface area contributed by atoms with Crippen molar-refractivity contribution in [2.75, 3.05) is 13.1 Å². The standard InChI is InChI=1S/C7H14N2/c1-6-4-9-7(2-3-7)5-8-6/h6,8-9H,2-5H2,1H3. The van der Waals surface area contributed by atoms with Gasteiger partial charge in [-0.15, -0.1) is 0 Å².